The van der Waals surface area contributed by atoms with Crippen molar-refractivity contribution in [3.8, 4) is 5.75 Å². The van der Waals surface area contributed by atoms with E-state index in [0.717, 1.165) is 18.9 Å². The van der Waals surface area contributed by atoms with E-state index in [2.05, 4.69) is 0 Å². The molecule has 1 aliphatic carbocycles. The molecule has 1 fully saturated rings. The molecule has 0 saturated heterocycles. The monoisotopic (exact) mass is 219 g/mol. The van der Waals surface area contributed by atoms with Crippen LogP contribution >= 0.6 is 0 Å². The van der Waals surface area contributed by atoms with Gasteiger partial charge in [0.05, 0.1) is 6.61 Å². The minimum atomic E-state index is 0.230. The van der Waals surface area contributed by atoms with Crippen molar-refractivity contribution >= 4 is 0 Å². The molecule has 2 nitrogen and oxygen atoms in total. The van der Waals surface area contributed by atoms with Crippen LogP contribution in [0.1, 0.15) is 32.1 Å². The average molecular weight is 219 g/mol. The van der Waals surface area contributed by atoms with Gasteiger partial charge in [0.2, 0.25) is 0 Å². The van der Waals surface area contributed by atoms with Gasteiger partial charge < -0.3 is 10.5 Å². The number of benzene rings is 1. The number of rotatable bonds is 4. The minimum absolute atomic E-state index is 0.230. The highest BCUT2D eigenvalue weighted by atomic mass is 16.5. The smallest absolute Gasteiger partial charge is 0.119 e. The van der Waals surface area contributed by atoms with Crippen molar-refractivity contribution in [2.45, 2.75) is 32.1 Å². The van der Waals surface area contributed by atoms with Crippen LogP contribution < -0.4 is 10.5 Å². The van der Waals surface area contributed by atoms with E-state index in [1.165, 1.54) is 32.1 Å². The highest BCUT2D eigenvalue weighted by molar-refractivity contribution is 5.21. The quantitative estimate of drug-likeness (QED) is 0.845. The zero-order chi connectivity index (χ0) is 11.3. The van der Waals surface area contributed by atoms with Crippen molar-refractivity contribution in [1.82, 2.24) is 0 Å². The molecule has 0 radical (unpaired) electrons. The lowest BCUT2D eigenvalue weighted by atomic mass is 9.75. The summed E-state index contributed by atoms with van der Waals surface area (Å²) in [4.78, 5) is 0. The summed E-state index contributed by atoms with van der Waals surface area (Å²) in [7, 11) is 0. The SMILES string of the molecule is NCC1(COc2ccccc2)CCCCC1. The molecule has 0 amide bonds. The van der Waals surface area contributed by atoms with Crippen LogP contribution in [0.3, 0.4) is 0 Å². The zero-order valence-corrected chi connectivity index (χ0v) is 9.82. The lowest BCUT2D eigenvalue weighted by molar-refractivity contribution is 0.105. The van der Waals surface area contributed by atoms with Gasteiger partial charge in [-0.15, -0.1) is 0 Å². The molecule has 0 spiro atoms. The Balaban J connectivity index is 1.92. The molecule has 16 heavy (non-hydrogen) atoms. The molecule has 2 rings (SSSR count). The molecule has 0 bridgehead atoms. The molecule has 2 N–H and O–H groups in total. The Labute approximate surface area is 97.8 Å². The van der Waals surface area contributed by atoms with Gasteiger partial charge in [-0.1, -0.05) is 37.5 Å². The first kappa shape index (κ1) is 11.5. The molecule has 0 aliphatic heterocycles. The fraction of sp³-hybridized carbons (Fsp3) is 0.571. The van der Waals surface area contributed by atoms with Crippen LogP contribution in [0.25, 0.3) is 0 Å². The maximum atomic E-state index is 5.92. The normalized spacial score (nSPS) is 19.3. The Morgan fingerprint density at radius 2 is 1.75 bits per heavy atom. The molecule has 1 aliphatic rings. The van der Waals surface area contributed by atoms with E-state index in [4.69, 9.17) is 10.5 Å². The Hall–Kier alpha value is -1.02. The van der Waals surface area contributed by atoms with Crippen LogP contribution in [0.15, 0.2) is 30.3 Å². The minimum Gasteiger partial charge on any atom is -0.493 e. The first-order chi connectivity index (χ1) is 7.85. The maximum absolute atomic E-state index is 5.92. The lowest BCUT2D eigenvalue weighted by Crippen LogP contribution is -2.38. The predicted molar refractivity (Wildman–Crippen MR) is 66.5 cm³/mol. The number of ether oxygens (including phenoxy) is 1. The van der Waals surface area contributed by atoms with E-state index in [0.29, 0.717) is 0 Å². The van der Waals surface area contributed by atoms with Gasteiger partial charge in [0, 0.05) is 12.0 Å². The van der Waals surface area contributed by atoms with Gasteiger partial charge in [-0.3, -0.25) is 0 Å². The fourth-order valence-corrected chi connectivity index (χ4v) is 2.46. The van der Waals surface area contributed by atoms with E-state index in [1.54, 1.807) is 0 Å². The van der Waals surface area contributed by atoms with Gasteiger partial charge in [-0.05, 0) is 25.0 Å². The molecule has 0 atom stereocenters. The Bertz CT molecular complexity index is 304. The van der Waals surface area contributed by atoms with Gasteiger partial charge >= 0.3 is 0 Å². The second kappa shape index (κ2) is 5.35. The second-order valence-electron chi connectivity index (χ2n) is 4.87. The van der Waals surface area contributed by atoms with E-state index in [1.807, 2.05) is 30.3 Å². The summed E-state index contributed by atoms with van der Waals surface area (Å²) >= 11 is 0. The first-order valence-electron chi connectivity index (χ1n) is 6.23. The highest BCUT2D eigenvalue weighted by Crippen LogP contribution is 2.35. The summed E-state index contributed by atoms with van der Waals surface area (Å²) in [5.41, 5.74) is 6.15. The first-order valence-corrected chi connectivity index (χ1v) is 6.23. The second-order valence-corrected chi connectivity index (χ2v) is 4.87. The molecular weight excluding hydrogens is 198 g/mol. The van der Waals surface area contributed by atoms with E-state index >= 15 is 0 Å². The molecule has 0 aromatic heterocycles. The molecule has 2 heteroatoms. The number of para-hydroxylation sites is 1. The average Bonchev–Trinajstić information content (AvgIpc) is 2.39. The summed E-state index contributed by atoms with van der Waals surface area (Å²) in [5.74, 6) is 0.959. The summed E-state index contributed by atoms with van der Waals surface area (Å²) in [5, 5.41) is 0. The topological polar surface area (TPSA) is 35.2 Å². The van der Waals surface area contributed by atoms with Gasteiger partial charge in [0.15, 0.2) is 0 Å². The molecule has 1 saturated carbocycles. The van der Waals surface area contributed by atoms with E-state index in [-0.39, 0.29) is 5.41 Å². The van der Waals surface area contributed by atoms with Crippen LogP contribution in [0, 0.1) is 5.41 Å². The predicted octanol–water partition coefficient (Wildman–Crippen LogP) is 2.97. The molecular formula is C14H21NO. The van der Waals surface area contributed by atoms with Gasteiger partial charge in [0.25, 0.3) is 0 Å². The third-order valence-electron chi connectivity index (χ3n) is 3.64. The third-order valence-corrected chi connectivity index (χ3v) is 3.64. The van der Waals surface area contributed by atoms with E-state index in [9.17, 15) is 0 Å². The van der Waals surface area contributed by atoms with Crippen molar-refractivity contribution in [3.63, 3.8) is 0 Å². The van der Waals surface area contributed by atoms with Crippen molar-refractivity contribution in [1.29, 1.82) is 0 Å². The highest BCUT2D eigenvalue weighted by Gasteiger charge is 2.31. The Morgan fingerprint density at radius 1 is 1.06 bits per heavy atom. The maximum Gasteiger partial charge on any atom is 0.119 e. The summed E-state index contributed by atoms with van der Waals surface area (Å²) < 4.78 is 5.86. The largest absolute Gasteiger partial charge is 0.493 e. The van der Waals surface area contributed by atoms with Crippen molar-refractivity contribution in [2.24, 2.45) is 11.1 Å². The lowest BCUT2D eigenvalue weighted by Gasteiger charge is -2.35. The molecule has 0 heterocycles. The zero-order valence-electron chi connectivity index (χ0n) is 9.82. The van der Waals surface area contributed by atoms with Crippen LogP contribution in [0.2, 0.25) is 0 Å². The standard InChI is InChI=1S/C14H21NO/c15-11-14(9-5-2-6-10-14)12-16-13-7-3-1-4-8-13/h1,3-4,7-8H,2,5-6,9-12,15H2. The third kappa shape index (κ3) is 2.76. The summed E-state index contributed by atoms with van der Waals surface area (Å²) in [6, 6.07) is 10.0. The van der Waals surface area contributed by atoms with Crippen LogP contribution in [-0.4, -0.2) is 13.2 Å². The number of hydrogen-bond acceptors (Lipinski definition) is 2. The van der Waals surface area contributed by atoms with Crippen LogP contribution in [0.4, 0.5) is 0 Å². The van der Waals surface area contributed by atoms with Gasteiger partial charge in [0.1, 0.15) is 5.75 Å². The molecule has 1 aromatic rings. The Morgan fingerprint density at radius 3 is 2.38 bits per heavy atom. The fourth-order valence-electron chi connectivity index (χ4n) is 2.46. The summed E-state index contributed by atoms with van der Waals surface area (Å²) in [6.07, 6.45) is 6.39. The van der Waals surface area contributed by atoms with Gasteiger partial charge in [-0.2, -0.15) is 0 Å². The van der Waals surface area contributed by atoms with Crippen LogP contribution in [-0.2, 0) is 0 Å². The van der Waals surface area contributed by atoms with Crippen molar-refractivity contribution in [3.05, 3.63) is 30.3 Å². The Kier molecular flexibility index (Phi) is 3.83. The van der Waals surface area contributed by atoms with Crippen molar-refractivity contribution < 1.29 is 4.74 Å². The van der Waals surface area contributed by atoms with Gasteiger partial charge in [-0.25, -0.2) is 0 Å². The molecule has 1 aromatic carbocycles. The summed E-state index contributed by atoms with van der Waals surface area (Å²) in [6.45, 7) is 1.52. The van der Waals surface area contributed by atoms with E-state index < -0.39 is 0 Å². The van der Waals surface area contributed by atoms with Crippen LogP contribution in [0.5, 0.6) is 5.75 Å². The number of nitrogens with two attached hydrogens (primary N) is 1. The number of hydrogen-bond donors (Lipinski definition) is 1. The molecule has 88 valence electrons. The van der Waals surface area contributed by atoms with Crippen molar-refractivity contribution in [2.75, 3.05) is 13.2 Å². The molecule has 0 unspecified atom stereocenters.